The van der Waals surface area contributed by atoms with E-state index in [1.165, 1.54) is 6.92 Å². The number of aliphatic hydroxyl groups is 1. The second-order valence-electron chi connectivity index (χ2n) is 4.57. The van der Waals surface area contributed by atoms with Gasteiger partial charge in [0.15, 0.2) is 0 Å². The topological polar surface area (TPSA) is 91.0 Å². The number of carbonyl (C=O) groups is 1. The van der Waals surface area contributed by atoms with Crippen LogP contribution in [-0.2, 0) is 20.9 Å². The molecule has 6 nitrogen and oxygen atoms in total. The van der Waals surface area contributed by atoms with Crippen molar-refractivity contribution in [2.24, 2.45) is 0 Å². The third-order valence-electron chi connectivity index (χ3n) is 2.85. The second-order valence-corrected chi connectivity index (χ2v) is 4.57. The minimum Gasteiger partial charge on any atom is -0.463 e. The largest absolute Gasteiger partial charge is 0.463 e. The van der Waals surface area contributed by atoms with Crippen LogP contribution in [0.15, 0.2) is 18.2 Å². The fourth-order valence-corrected chi connectivity index (χ4v) is 1.83. The molecule has 1 aliphatic rings. The minimum absolute atomic E-state index is 0.0796. The molecule has 1 aromatic carbocycles. The zero-order valence-corrected chi connectivity index (χ0v) is 11.7. The molecule has 6 heteroatoms. The minimum atomic E-state index is -0.613. The quantitative estimate of drug-likeness (QED) is 0.622. The number of aliphatic hydroxyl groups excluding tert-OH is 1. The Balaban J connectivity index is 1.91. The first-order chi connectivity index (χ1) is 10.1. The van der Waals surface area contributed by atoms with E-state index in [0.717, 1.165) is 0 Å². The van der Waals surface area contributed by atoms with Gasteiger partial charge in [-0.1, -0.05) is 6.07 Å². The maximum Gasteiger partial charge on any atom is 0.302 e. The first-order valence-corrected chi connectivity index (χ1v) is 6.55. The number of nitrogen functional groups attached to an aromatic ring is 1. The molecule has 0 bridgehead atoms. The Morgan fingerprint density at radius 2 is 2.24 bits per heavy atom. The lowest BCUT2D eigenvalue weighted by Gasteiger charge is -2.29. The summed E-state index contributed by atoms with van der Waals surface area (Å²) in [7, 11) is 0. The van der Waals surface area contributed by atoms with Gasteiger partial charge in [0.05, 0.1) is 18.4 Å². The van der Waals surface area contributed by atoms with E-state index >= 15 is 0 Å². The van der Waals surface area contributed by atoms with Gasteiger partial charge in [-0.3, -0.25) is 4.79 Å². The molecule has 2 atom stereocenters. The van der Waals surface area contributed by atoms with Crippen molar-refractivity contribution in [3.8, 4) is 5.75 Å². The summed E-state index contributed by atoms with van der Waals surface area (Å²) in [6, 6.07) is 5.04. The molecule has 0 aliphatic carbocycles. The van der Waals surface area contributed by atoms with E-state index in [9.17, 15) is 4.79 Å². The van der Waals surface area contributed by atoms with E-state index in [1.54, 1.807) is 37.5 Å². The number of hydrogen-bond acceptors (Lipinski definition) is 6. The molecule has 3 N–H and O–H groups in total. The van der Waals surface area contributed by atoms with E-state index in [4.69, 9.17) is 25.1 Å². The summed E-state index contributed by atoms with van der Waals surface area (Å²) in [6.07, 6.45) is 4.32. The van der Waals surface area contributed by atoms with Gasteiger partial charge in [-0.2, -0.15) is 0 Å². The van der Waals surface area contributed by atoms with Gasteiger partial charge in [0.1, 0.15) is 12.4 Å². The summed E-state index contributed by atoms with van der Waals surface area (Å²) < 4.78 is 16.1. The number of nitrogens with two attached hydrogens (primary N) is 1. The average Bonchev–Trinajstić information content (AvgIpc) is 2.47. The maximum atomic E-state index is 10.8. The van der Waals surface area contributed by atoms with Crippen LogP contribution in [0.25, 0.3) is 0 Å². The molecule has 1 fully saturated rings. The first kappa shape index (κ1) is 15.6. The molecule has 1 aliphatic heterocycles. The summed E-state index contributed by atoms with van der Waals surface area (Å²) in [4.78, 5) is 10.8. The molecule has 0 spiro atoms. The summed E-state index contributed by atoms with van der Waals surface area (Å²) in [5.41, 5.74) is 6.98. The van der Waals surface area contributed by atoms with Crippen LogP contribution >= 0.6 is 0 Å². The van der Waals surface area contributed by atoms with Gasteiger partial charge in [-0.05, 0) is 30.5 Å². The van der Waals surface area contributed by atoms with Crippen molar-refractivity contribution in [1.82, 2.24) is 0 Å². The van der Waals surface area contributed by atoms with Gasteiger partial charge < -0.3 is 25.1 Å². The molecule has 21 heavy (non-hydrogen) atoms. The third kappa shape index (κ3) is 4.61. The number of hydrogen-bond donors (Lipinski definition) is 2. The molecule has 0 unspecified atom stereocenters. The number of rotatable bonds is 5. The first-order valence-electron chi connectivity index (χ1n) is 6.55. The van der Waals surface area contributed by atoms with Crippen LogP contribution in [0.4, 0.5) is 5.69 Å². The molecular weight excluding hydrogens is 274 g/mol. The van der Waals surface area contributed by atoms with Crippen LogP contribution in [0.1, 0.15) is 12.5 Å². The molecule has 3 radical (unpaired) electrons. The van der Waals surface area contributed by atoms with Crippen LogP contribution in [-0.4, -0.2) is 30.1 Å². The van der Waals surface area contributed by atoms with Gasteiger partial charge in [0.2, 0.25) is 6.29 Å². The van der Waals surface area contributed by atoms with Crippen molar-refractivity contribution in [3.05, 3.63) is 43.0 Å². The van der Waals surface area contributed by atoms with Crippen molar-refractivity contribution < 1.29 is 24.1 Å². The Morgan fingerprint density at radius 3 is 2.90 bits per heavy atom. The Hall–Kier alpha value is -1.79. The number of anilines is 1. The van der Waals surface area contributed by atoms with Crippen LogP contribution < -0.4 is 10.5 Å². The molecule has 1 heterocycles. The van der Waals surface area contributed by atoms with Crippen LogP contribution in [0, 0.1) is 19.3 Å². The van der Waals surface area contributed by atoms with E-state index in [1.807, 2.05) is 0 Å². The summed E-state index contributed by atoms with van der Waals surface area (Å²) in [5, 5.41) is 9.04. The Kier molecular flexibility index (Phi) is 5.41. The highest BCUT2D eigenvalue weighted by atomic mass is 16.7. The monoisotopic (exact) mass is 292 g/mol. The van der Waals surface area contributed by atoms with Crippen molar-refractivity contribution in [2.75, 3.05) is 12.3 Å². The number of carbonyl (C=O) groups excluding carboxylic acids is 1. The predicted octanol–water partition coefficient (Wildman–Crippen LogP) is 1.04. The summed E-state index contributed by atoms with van der Waals surface area (Å²) >= 11 is 0. The van der Waals surface area contributed by atoms with Gasteiger partial charge in [-0.25, -0.2) is 0 Å². The van der Waals surface area contributed by atoms with Crippen LogP contribution in [0.3, 0.4) is 0 Å². The van der Waals surface area contributed by atoms with Crippen molar-refractivity contribution >= 4 is 11.7 Å². The third-order valence-corrected chi connectivity index (χ3v) is 2.85. The van der Waals surface area contributed by atoms with E-state index in [2.05, 4.69) is 0 Å². The molecule has 0 saturated carbocycles. The van der Waals surface area contributed by atoms with Crippen molar-refractivity contribution in [3.63, 3.8) is 0 Å². The fraction of sp³-hybridized carbons (Fsp3) is 0.333. The zero-order chi connectivity index (χ0) is 15.2. The van der Waals surface area contributed by atoms with E-state index in [-0.39, 0.29) is 25.3 Å². The number of ether oxygens (including phenoxy) is 3. The molecule has 2 rings (SSSR count). The lowest BCUT2D eigenvalue weighted by atomic mass is 10.1. The summed E-state index contributed by atoms with van der Waals surface area (Å²) in [5.74, 6) is 0.109. The normalized spacial score (nSPS) is 21.8. The molecule has 113 valence electrons. The van der Waals surface area contributed by atoms with Gasteiger partial charge >= 0.3 is 5.97 Å². The highest BCUT2D eigenvalue weighted by molar-refractivity contribution is 5.65. The maximum absolute atomic E-state index is 10.8. The SMILES string of the molecule is CC(=O)OC[C@H]1[CH][CH][CH][C@H](Oc2ccc(CO)cc2N)O1. The zero-order valence-electron chi connectivity index (χ0n) is 11.7. The molecular formula is C15H18NO5. The predicted molar refractivity (Wildman–Crippen MR) is 75.6 cm³/mol. The van der Waals surface area contributed by atoms with E-state index < -0.39 is 6.29 Å². The number of esters is 1. The molecule has 1 saturated heterocycles. The van der Waals surface area contributed by atoms with Gasteiger partial charge in [-0.15, -0.1) is 0 Å². The van der Waals surface area contributed by atoms with Crippen molar-refractivity contribution in [2.45, 2.75) is 25.9 Å². The van der Waals surface area contributed by atoms with Crippen LogP contribution in [0.2, 0.25) is 0 Å². The highest BCUT2D eigenvalue weighted by Gasteiger charge is 2.25. The fourth-order valence-electron chi connectivity index (χ4n) is 1.83. The Labute approximate surface area is 123 Å². The number of benzene rings is 1. The summed E-state index contributed by atoms with van der Waals surface area (Å²) in [6.45, 7) is 1.40. The molecule has 0 aromatic heterocycles. The second kappa shape index (κ2) is 7.28. The standard InChI is InChI=1S/C15H18NO5/c1-10(18)19-9-12-3-2-4-15(20-12)21-14-6-5-11(8-17)7-13(14)16/h2-7,12,15,17H,8-9,16H2,1H3/t12-,15+/m1/s1. The molecule has 1 aromatic rings. The Bertz CT molecular complexity index is 491. The smallest absolute Gasteiger partial charge is 0.302 e. The lowest BCUT2D eigenvalue weighted by Crippen LogP contribution is -2.36. The molecule has 0 amide bonds. The van der Waals surface area contributed by atoms with Crippen LogP contribution in [0.5, 0.6) is 5.75 Å². The average molecular weight is 292 g/mol. The van der Waals surface area contributed by atoms with Gasteiger partial charge in [0, 0.05) is 13.3 Å². The van der Waals surface area contributed by atoms with Crippen molar-refractivity contribution in [1.29, 1.82) is 0 Å². The Morgan fingerprint density at radius 1 is 1.43 bits per heavy atom. The van der Waals surface area contributed by atoms with Gasteiger partial charge in [0.25, 0.3) is 0 Å². The highest BCUT2D eigenvalue weighted by Crippen LogP contribution is 2.27. The lowest BCUT2D eigenvalue weighted by molar-refractivity contribution is -0.152. The van der Waals surface area contributed by atoms with E-state index in [0.29, 0.717) is 17.0 Å².